The summed E-state index contributed by atoms with van der Waals surface area (Å²) < 4.78 is 5.40. The minimum atomic E-state index is -0.626. The average molecular weight is 185 g/mol. The fourth-order valence-corrected chi connectivity index (χ4v) is 1.20. The van der Waals surface area contributed by atoms with Crippen molar-refractivity contribution in [3.05, 3.63) is 0 Å². The highest BCUT2D eigenvalue weighted by atomic mass is 16.5. The van der Waals surface area contributed by atoms with E-state index in [1.54, 1.807) is 13.8 Å². The molecule has 1 N–H and O–H groups in total. The van der Waals surface area contributed by atoms with Crippen LogP contribution in [-0.2, 0) is 4.74 Å². The fourth-order valence-electron chi connectivity index (χ4n) is 1.20. The van der Waals surface area contributed by atoms with E-state index in [0.29, 0.717) is 13.0 Å². The van der Waals surface area contributed by atoms with Crippen LogP contribution in [0.2, 0.25) is 0 Å². The van der Waals surface area contributed by atoms with E-state index in [9.17, 15) is 5.11 Å². The molecule has 0 atom stereocenters. The van der Waals surface area contributed by atoms with Crippen LogP contribution in [0.3, 0.4) is 0 Å². The van der Waals surface area contributed by atoms with Crippen molar-refractivity contribution in [1.29, 1.82) is 0 Å². The van der Waals surface area contributed by atoms with E-state index in [1.807, 2.05) is 13.8 Å². The van der Waals surface area contributed by atoms with Crippen LogP contribution in [-0.4, -0.2) is 28.8 Å². The maximum atomic E-state index is 9.50. The van der Waals surface area contributed by atoms with E-state index in [4.69, 9.17) is 4.74 Å². The summed E-state index contributed by atoms with van der Waals surface area (Å²) in [6.45, 7) is 8.35. The lowest BCUT2D eigenvalue weighted by atomic mass is 10.0. The van der Waals surface area contributed by atoms with Crippen molar-refractivity contribution in [1.82, 2.24) is 0 Å². The third kappa shape index (κ3) is 3.77. The molecule has 0 spiro atoms. The number of ether oxygens (including phenoxy) is 1. The molecule has 0 unspecified atom stereocenters. The molecular formula is C10H19NO2. The Bertz CT molecular complexity index is 213. The highest BCUT2D eigenvalue weighted by Gasteiger charge is 2.26. The molecule has 1 heterocycles. The molecule has 0 fully saturated rings. The van der Waals surface area contributed by atoms with Crippen molar-refractivity contribution in [2.75, 3.05) is 6.61 Å². The van der Waals surface area contributed by atoms with Crippen molar-refractivity contribution in [2.45, 2.75) is 51.7 Å². The number of rotatable bonds is 3. The van der Waals surface area contributed by atoms with Crippen LogP contribution in [0.25, 0.3) is 0 Å². The standard InChI is InChI=1S/C10H19NO2/c1-9(2)7-13-8(11-9)5-6-10(3,4)12/h12H,5-7H2,1-4H3. The molecule has 1 aliphatic heterocycles. The Morgan fingerprint density at radius 1 is 1.54 bits per heavy atom. The van der Waals surface area contributed by atoms with Crippen LogP contribution in [0.4, 0.5) is 0 Å². The van der Waals surface area contributed by atoms with Crippen molar-refractivity contribution >= 4 is 5.90 Å². The number of aliphatic imine (C=N–C) groups is 1. The quantitative estimate of drug-likeness (QED) is 0.727. The topological polar surface area (TPSA) is 41.8 Å². The zero-order valence-electron chi connectivity index (χ0n) is 8.92. The smallest absolute Gasteiger partial charge is 0.184 e. The Balaban J connectivity index is 2.40. The van der Waals surface area contributed by atoms with Gasteiger partial charge < -0.3 is 9.84 Å². The molecule has 0 amide bonds. The molecule has 0 saturated carbocycles. The second-order valence-corrected chi connectivity index (χ2v) is 4.92. The molecule has 13 heavy (non-hydrogen) atoms. The molecular weight excluding hydrogens is 166 g/mol. The number of aliphatic hydroxyl groups is 1. The predicted octanol–water partition coefficient (Wildman–Crippen LogP) is 1.74. The van der Waals surface area contributed by atoms with Crippen molar-refractivity contribution < 1.29 is 9.84 Å². The Morgan fingerprint density at radius 2 is 2.15 bits per heavy atom. The largest absolute Gasteiger partial charge is 0.478 e. The van der Waals surface area contributed by atoms with Gasteiger partial charge in [-0.25, -0.2) is 4.99 Å². The first-order valence-corrected chi connectivity index (χ1v) is 4.72. The lowest BCUT2D eigenvalue weighted by Crippen LogP contribution is -2.19. The predicted molar refractivity (Wildman–Crippen MR) is 53.0 cm³/mol. The SMILES string of the molecule is CC(C)(O)CCC1=NC(C)(C)CO1. The zero-order valence-corrected chi connectivity index (χ0v) is 8.92. The second kappa shape index (κ2) is 3.29. The molecule has 0 saturated heterocycles. The van der Waals surface area contributed by atoms with Gasteiger partial charge in [-0.15, -0.1) is 0 Å². The normalized spacial score (nSPS) is 21.2. The number of nitrogens with zero attached hydrogens (tertiary/aromatic N) is 1. The van der Waals surface area contributed by atoms with Crippen LogP contribution in [0.5, 0.6) is 0 Å². The van der Waals surface area contributed by atoms with Crippen molar-refractivity contribution in [2.24, 2.45) is 4.99 Å². The lowest BCUT2D eigenvalue weighted by Gasteiger charge is -2.15. The van der Waals surface area contributed by atoms with Gasteiger partial charge in [-0.2, -0.15) is 0 Å². The summed E-state index contributed by atoms with van der Waals surface area (Å²) in [5.41, 5.74) is -0.701. The molecule has 0 bridgehead atoms. The van der Waals surface area contributed by atoms with Crippen LogP contribution >= 0.6 is 0 Å². The van der Waals surface area contributed by atoms with Gasteiger partial charge >= 0.3 is 0 Å². The van der Waals surface area contributed by atoms with Crippen molar-refractivity contribution in [3.8, 4) is 0 Å². The van der Waals surface area contributed by atoms with E-state index >= 15 is 0 Å². The third-order valence-electron chi connectivity index (χ3n) is 1.97. The van der Waals surface area contributed by atoms with Gasteiger partial charge in [-0.1, -0.05) is 0 Å². The van der Waals surface area contributed by atoms with Gasteiger partial charge in [0.2, 0.25) is 0 Å². The summed E-state index contributed by atoms with van der Waals surface area (Å²) in [5.74, 6) is 0.784. The Labute approximate surface area is 79.8 Å². The molecule has 1 rings (SSSR count). The maximum absolute atomic E-state index is 9.50. The third-order valence-corrected chi connectivity index (χ3v) is 1.97. The minimum Gasteiger partial charge on any atom is -0.478 e. The fraction of sp³-hybridized carbons (Fsp3) is 0.900. The highest BCUT2D eigenvalue weighted by molar-refractivity contribution is 5.78. The van der Waals surface area contributed by atoms with E-state index < -0.39 is 5.60 Å². The molecule has 3 heteroatoms. The van der Waals surface area contributed by atoms with Crippen LogP contribution < -0.4 is 0 Å². The lowest BCUT2D eigenvalue weighted by molar-refractivity contribution is 0.0717. The van der Waals surface area contributed by atoms with Gasteiger partial charge in [0.25, 0.3) is 0 Å². The van der Waals surface area contributed by atoms with E-state index in [0.717, 1.165) is 12.3 Å². The van der Waals surface area contributed by atoms with Crippen molar-refractivity contribution in [3.63, 3.8) is 0 Å². The van der Waals surface area contributed by atoms with E-state index in [-0.39, 0.29) is 5.54 Å². The first kappa shape index (κ1) is 10.5. The minimum absolute atomic E-state index is 0.0745. The van der Waals surface area contributed by atoms with Gasteiger partial charge in [0.05, 0.1) is 11.1 Å². The molecule has 0 aromatic carbocycles. The highest BCUT2D eigenvalue weighted by Crippen LogP contribution is 2.20. The van der Waals surface area contributed by atoms with Gasteiger partial charge in [0, 0.05) is 6.42 Å². The monoisotopic (exact) mass is 185 g/mol. The first-order chi connectivity index (χ1) is 5.79. The molecule has 76 valence electrons. The number of hydrogen-bond acceptors (Lipinski definition) is 3. The summed E-state index contributed by atoms with van der Waals surface area (Å²) in [5, 5.41) is 9.50. The second-order valence-electron chi connectivity index (χ2n) is 4.92. The summed E-state index contributed by atoms with van der Waals surface area (Å²) in [4.78, 5) is 4.41. The average Bonchev–Trinajstić information content (AvgIpc) is 2.24. The summed E-state index contributed by atoms with van der Waals surface area (Å²) in [6, 6.07) is 0. The summed E-state index contributed by atoms with van der Waals surface area (Å²) in [7, 11) is 0. The van der Waals surface area contributed by atoms with Gasteiger partial charge in [0.15, 0.2) is 5.90 Å². The molecule has 0 aliphatic carbocycles. The molecule has 3 nitrogen and oxygen atoms in total. The van der Waals surface area contributed by atoms with Crippen LogP contribution in [0, 0.1) is 0 Å². The van der Waals surface area contributed by atoms with Crippen LogP contribution in [0.15, 0.2) is 4.99 Å². The Morgan fingerprint density at radius 3 is 2.54 bits per heavy atom. The first-order valence-electron chi connectivity index (χ1n) is 4.72. The number of hydrogen-bond donors (Lipinski definition) is 1. The maximum Gasteiger partial charge on any atom is 0.184 e. The Kier molecular flexibility index (Phi) is 2.66. The molecule has 0 radical (unpaired) electrons. The van der Waals surface area contributed by atoms with Crippen LogP contribution in [0.1, 0.15) is 40.5 Å². The van der Waals surface area contributed by atoms with Gasteiger partial charge in [-0.3, -0.25) is 0 Å². The molecule has 0 aromatic heterocycles. The zero-order chi connectivity index (χ0) is 10.1. The van der Waals surface area contributed by atoms with Gasteiger partial charge in [0.1, 0.15) is 6.61 Å². The summed E-state index contributed by atoms with van der Waals surface area (Å²) in [6.07, 6.45) is 1.43. The Hall–Kier alpha value is -0.570. The molecule has 1 aliphatic rings. The van der Waals surface area contributed by atoms with E-state index in [1.165, 1.54) is 0 Å². The molecule has 0 aromatic rings. The summed E-state index contributed by atoms with van der Waals surface area (Å²) >= 11 is 0. The van der Waals surface area contributed by atoms with E-state index in [2.05, 4.69) is 4.99 Å². The van der Waals surface area contributed by atoms with Gasteiger partial charge in [-0.05, 0) is 34.1 Å².